The van der Waals surface area contributed by atoms with Crippen molar-refractivity contribution in [3.8, 4) is 0 Å². The van der Waals surface area contributed by atoms with Gasteiger partial charge >= 0.3 is 0 Å². The van der Waals surface area contributed by atoms with E-state index in [1.54, 1.807) is 18.5 Å². The van der Waals surface area contributed by atoms with Crippen molar-refractivity contribution in [1.29, 1.82) is 0 Å². The van der Waals surface area contributed by atoms with Gasteiger partial charge in [-0.05, 0) is 43.4 Å². The molecule has 0 fully saturated rings. The summed E-state index contributed by atoms with van der Waals surface area (Å²) in [7, 11) is 0. The zero-order valence-electron chi connectivity index (χ0n) is 15.4. The van der Waals surface area contributed by atoms with Crippen molar-refractivity contribution in [3.63, 3.8) is 0 Å². The first-order valence-corrected chi connectivity index (χ1v) is 9.26. The molecular weight excluding hydrogens is 338 g/mol. The molecule has 0 saturated heterocycles. The largest absolute Gasteiger partial charge is 0.368 e. The summed E-state index contributed by atoms with van der Waals surface area (Å²) in [4.78, 5) is 19.9. The molecule has 0 spiro atoms. The molecule has 0 bridgehead atoms. The third kappa shape index (κ3) is 3.43. The summed E-state index contributed by atoms with van der Waals surface area (Å²) in [6.07, 6.45) is 9.52. The van der Waals surface area contributed by atoms with Crippen LogP contribution in [0.25, 0.3) is 17.0 Å². The van der Waals surface area contributed by atoms with Gasteiger partial charge in [0.1, 0.15) is 0 Å². The van der Waals surface area contributed by atoms with E-state index < -0.39 is 0 Å². The molecule has 27 heavy (non-hydrogen) atoms. The molecule has 3 N–H and O–H groups in total. The van der Waals surface area contributed by atoms with Crippen molar-refractivity contribution in [3.05, 3.63) is 59.1 Å². The maximum atomic E-state index is 12.1. The van der Waals surface area contributed by atoms with E-state index in [4.69, 9.17) is 5.73 Å². The fraction of sp³-hybridized carbons (Fsp3) is 0.286. The summed E-state index contributed by atoms with van der Waals surface area (Å²) in [5.74, 6) is 0.0940. The van der Waals surface area contributed by atoms with Crippen LogP contribution in [-0.2, 0) is 24.2 Å². The number of benzene rings is 1. The minimum absolute atomic E-state index is 0.127. The molecule has 6 nitrogen and oxygen atoms in total. The number of nitrogens with two attached hydrogens (primary N) is 1. The number of nitrogen functional groups attached to an aromatic ring is 1. The summed E-state index contributed by atoms with van der Waals surface area (Å²) in [5, 5.41) is 4.29. The average Bonchev–Trinajstić information content (AvgIpc) is 2.96. The molecule has 0 atom stereocenters. The zero-order chi connectivity index (χ0) is 18.8. The molecule has 2 aromatic heterocycles. The number of rotatable bonds is 5. The van der Waals surface area contributed by atoms with E-state index in [-0.39, 0.29) is 11.9 Å². The van der Waals surface area contributed by atoms with Crippen LogP contribution in [0.1, 0.15) is 28.8 Å². The molecule has 3 aromatic rings. The summed E-state index contributed by atoms with van der Waals surface area (Å²) in [5.41, 5.74) is 11.7. The molecule has 0 saturated carbocycles. The lowest BCUT2D eigenvalue weighted by Crippen LogP contribution is -2.23. The van der Waals surface area contributed by atoms with Crippen molar-refractivity contribution in [2.75, 3.05) is 12.3 Å². The Kier molecular flexibility index (Phi) is 4.62. The molecule has 0 aliphatic carbocycles. The van der Waals surface area contributed by atoms with Crippen LogP contribution in [0.15, 0.2) is 36.7 Å². The lowest BCUT2D eigenvalue weighted by molar-refractivity contribution is -0.116. The highest BCUT2D eigenvalue weighted by molar-refractivity contribution is 5.92. The van der Waals surface area contributed by atoms with E-state index in [0.717, 1.165) is 24.9 Å². The fourth-order valence-corrected chi connectivity index (χ4v) is 3.88. The predicted octanol–water partition coefficient (Wildman–Crippen LogP) is 2.64. The number of para-hydroxylation sites is 1. The fourth-order valence-electron chi connectivity index (χ4n) is 3.88. The Bertz CT molecular complexity index is 1020. The number of nitrogens with one attached hydrogen (secondary N) is 1. The van der Waals surface area contributed by atoms with Gasteiger partial charge in [0.25, 0.3) is 0 Å². The smallest absolute Gasteiger partial charge is 0.244 e. The van der Waals surface area contributed by atoms with Crippen LogP contribution in [-0.4, -0.2) is 27.0 Å². The first-order valence-electron chi connectivity index (χ1n) is 9.26. The van der Waals surface area contributed by atoms with Gasteiger partial charge in [-0.2, -0.15) is 0 Å². The van der Waals surface area contributed by atoms with Gasteiger partial charge in [-0.1, -0.05) is 18.2 Å². The van der Waals surface area contributed by atoms with E-state index in [0.29, 0.717) is 6.54 Å². The van der Waals surface area contributed by atoms with E-state index in [1.165, 1.54) is 40.2 Å². The molecule has 1 amide bonds. The van der Waals surface area contributed by atoms with Gasteiger partial charge in [-0.25, -0.2) is 9.97 Å². The Labute approximate surface area is 158 Å². The van der Waals surface area contributed by atoms with E-state index >= 15 is 0 Å². The molecule has 1 aliphatic rings. The summed E-state index contributed by atoms with van der Waals surface area (Å²) >= 11 is 0. The Hall–Kier alpha value is -3.15. The molecule has 3 heterocycles. The SMILES string of the molecule is Cc1c(CCNC(=O)C=Cc2cnc(N)nc2)c2cccc3c2n1CCC3. The minimum atomic E-state index is -0.127. The van der Waals surface area contributed by atoms with Crippen LogP contribution in [0.2, 0.25) is 0 Å². The summed E-state index contributed by atoms with van der Waals surface area (Å²) in [6, 6.07) is 6.58. The summed E-state index contributed by atoms with van der Waals surface area (Å²) < 4.78 is 2.44. The van der Waals surface area contributed by atoms with Gasteiger partial charge in [0, 0.05) is 48.2 Å². The summed E-state index contributed by atoms with van der Waals surface area (Å²) in [6.45, 7) is 3.87. The number of anilines is 1. The highest BCUT2D eigenvalue weighted by Gasteiger charge is 2.19. The lowest BCUT2D eigenvalue weighted by Gasteiger charge is -2.16. The van der Waals surface area contributed by atoms with E-state index in [9.17, 15) is 4.79 Å². The quantitative estimate of drug-likeness (QED) is 0.684. The highest BCUT2D eigenvalue weighted by atomic mass is 16.1. The second-order valence-electron chi connectivity index (χ2n) is 6.88. The molecule has 138 valence electrons. The maximum absolute atomic E-state index is 12.1. The number of amides is 1. The first kappa shape index (κ1) is 17.3. The average molecular weight is 361 g/mol. The first-order chi connectivity index (χ1) is 13.1. The Balaban J connectivity index is 1.42. The highest BCUT2D eigenvalue weighted by Crippen LogP contribution is 2.32. The second-order valence-corrected chi connectivity index (χ2v) is 6.88. The standard InChI is InChI=1S/C21H23N5O/c1-14-17(18-6-2-4-16-5-3-11-26(14)20(16)18)9-10-23-19(27)8-7-15-12-24-21(22)25-13-15/h2,4,6-8,12-13H,3,5,9-11H2,1H3,(H,23,27)(H2,22,24,25). The van der Waals surface area contributed by atoms with Crippen molar-refractivity contribution >= 4 is 28.8 Å². The Morgan fingerprint density at radius 1 is 1.33 bits per heavy atom. The molecule has 6 heteroatoms. The topological polar surface area (TPSA) is 85.8 Å². The second kappa shape index (κ2) is 7.23. The van der Waals surface area contributed by atoms with Crippen molar-refractivity contribution < 1.29 is 4.79 Å². The van der Waals surface area contributed by atoms with Crippen LogP contribution in [0.3, 0.4) is 0 Å². The van der Waals surface area contributed by atoms with Gasteiger partial charge in [-0.15, -0.1) is 0 Å². The number of aromatic nitrogens is 3. The van der Waals surface area contributed by atoms with E-state index in [1.807, 2.05) is 0 Å². The van der Waals surface area contributed by atoms with Crippen molar-refractivity contribution in [1.82, 2.24) is 19.9 Å². The lowest BCUT2D eigenvalue weighted by atomic mass is 10.0. The third-order valence-electron chi connectivity index (χ3n) is 5.18. The molecule has 0 radical (unpaired) electrons. The number of carbonyl (C=O) groups excluding carboxylic acids is 1. The Morgan fingerprint density at radius 3 is 2.96 bits per heavy atom. The van der Waals surface area contributed by atoms with Crippen LogP contribution < -0.4 is 11.1 Å². The number of nitrogens with zero attached hydrogens (tertiary/aromatic N) is 3. The number of hydrogen-bond donors (Lipinski definition) is 2. The molecule has 1 aromatic carbocycles. The van der Waals surface area contributed by atoms with Gasteiger partial charge in [-0.3, -0.25) is 4.79 Å². The number of carbonyl (C=O) groups is 1. The Morgan fingerprint density at radius 2 is 2.15 bits per heavy atom. The van der Waals surface area contributed by atoms with Crippen LogP contribution in [0.5, 0.6) is 0 Å². The molecule has 4 rings (SSSR count). The molecule has 1 aliphatic heterocycles. The van der Waals surface area contributed by atoms with E-state index in [2.05, 4.69) is 45.0 Å². The number of aryl methyl sites for hydroxylation is 2. The van der Waals surface area contributed by atoms with Crippen molar-refractivity contribution in [2.24, 2.45) is 0 Å². The molecular formula is C21H23N5O. The maximum Gasteiger partial charge on any atom is 0.244 e. The van der Waals surface area contributed by atoms with Crippen LogP contribution in [0.4, 0.5) is 5.95 Å². The minimum Gasteiger partial charge on any atom is -0.368 e. The third-order valence-corrected chi connectivity index (χ3v) is 5.18. The normalized spacial score (nSPS) is 13.4. The van der Waals surface area contributed by atoms with Gasteiger partial charge in [0.05, 0.1) is 5.52 Å². The number of hydrogen-bond acceptors (Lipinski definition) is 4. The van der Waals surface area contributed by atoms with Gasteiger partial charge < -0.3 is 15.6 Å². The van der Waals surface area contributed by atoms with Gasteiger partial charge in [0.2, 0.25) is 11.9 Å². The van der Waals surface area contributed by atoms with Crippen molar-refractivity contribution in [2.45, 2.75) is 32.7 Å². The molecule has 0 unspecified atom stereocenters. The van der Waals surface area contributed by atoms with Crippen LogP contribution in [0, 0.1) is 6.92 Å². The van der Waals surface area contributed by atoms with Gasteiger partial charge in [0.15, 0.2) is 0 Å². The zero-order valence-corrected chi connectivity index (χ0v) is 15.4. The predicted molar refractivity (Wildman–Crippen MR) is 107 cm³/mol. The monoisotopic (exact) mass is 361 g/mol. The van der Waals surface area contributed by atoms with Crippen LogP contribution >= 0.6 is 0 Å².